The van der Waals surface area contributed by atoms with Crippen molar-refractivity contribution in [3.8, 4) is 0 Å². The summed E-state index contributed by atoms with van der Waals surface area (Å²) in [7, 11) is -6.17. The van der Waals surface area contributed by atoms with Crippen LogP contribution in [-0.4, -0.2) is 29.5 Å². The summed E-state index contributed by atoms with van der Waals surface area (Å²) in [5, 5.41) is 42.2. The topological polar surface area (TPSA) is 230 Å². The van der Waals surface area contributed by atoms with Crippen LogP contribution in [0.15, 0.2) is 0 Å². The van der Waals surface area contributed by atoms with Gasteiger partial charge in [-0.2, -0.15) is 7.94 Å². The van der Waals surface area contributed by atoms with Gasteiger partial charge in [-0.3, -0.25) is 0 Å². The molecule has 0 aliphatic heterocycles. The molecule has 0 radical (unpaired) electrons. The fourth-order valence-corrected chi connectivity index (χ4v) is 2.50. The van der Waals surface area contributed by atoms with Gasteiger partial charge in [-0.05, 0) is 6.42 Å². The molecule has 0 bridgehead atoms. The normalized spacial score (nSPS) is 12.3. The Labute approximate surface area is 281 Å². The number of aliphatic carboxylic acids is 4. The Hall–Kier alpha value is 4.19. The van der Waals surface area contributed by atoms with E-state index in [9.17, 15) is 54.3 Å². The molecule has 0 saturated heterocycles. The SMILES string of the molecule is O=C([O-])CC(C(=O)[O-])C(C(=O)[O-])C(C(=O)[O-])[P+]([O-])([O-])[O-].[Na+].[Na+].[Na+].[Na+].[Na+].[Na+]. The summed E-state index contributed by atoms with van der Waals surface area (Å²) in [6.07, 6.45) is -1.59. The number of hydrogen-bond donors (Lipinski definition) is 0. The number of carboxylic acid groups (broad SMARTS) is 4. The second kappa shape index (κ2) is 22.4. The van der Waals surface area contributed by atoms with Crippen LogP contribution < -0.4 is 212 Å². The van der Waals surface area contributed by atoms with Gasteiger partial charge < -0.3 is 54.3 Å². The van der Waals surface area contributed by atoms with E-state index >= 15 is 0 Å². The Kier molecular flexibility index (Phi) is 41.2. The third-order valence-electron chi connectivity index (χ3n) is 2.32. The summed E-state index contributed by atoms with van der Waals surface area (Å²) in [5.74, 6) is -15.5. The van der Waals surface area contributed by atoms with Crippen molar-refractivity contribution in [3.63, 3.8) is 0 Å². The van der Waals surface area contributed by atoms with E-state index in [0.29, 0.717) is 0 Å². The standard InChI is InChI=1S/C8H11O11P.6Na/c9-3(10)1-2(6(11)12)4(7(13)14)5(8(15)16)20(17,18)19;;;;;;/h2,4-5H,1H2,(H,9,10)(H,11,12)(H,13,14)(H,15,16)(H2,17,18,19);;;;;;/q;6*+1/p-6. The van der Waals surface area contributed by atoms with Crippen molar-refractivity contribution in [2.75, 3.05) is 0 Å². The quantitative estimate of drug-likeness (QED) is 0.251. The van der Waals surface area contributed by atoms with Gasteiger partial charge in [0.2, 0.25) is 0 Å². The van der Waals surface area contributed by atoms with E-state index in [-0.39, 0.29) is 177 Å². The molecule has 114 valence electrons. The number of carbonyl (C=O) groups excluding carboxylic acids is 4. The largest absolute Gasteiger partial charge is 1.00 e. The molecule has 3 unspecified atom stereocenters. The van der Waals surface area contributed by atoms with Crippen LogP contribution in [-0.2, 0) is 19.2 Å². The maximum atomic E-state index is 10.7. The van der Waals surface area contributed by atoms with Gasteiger partial charge >= 0.3 is 177 Å². The monoisotopic (exact) mass is 446 g/mol. The predicted octanol–water partition coefficient (Wildman–Crippen LogP) is -27.2. The maximum Gasteiger partial charge on any atom is 1.00 e. The number of hydrogen-bond acceptors (Lipinski definition) is 11. The van der Waals surface area contributed by atoms with Crippen LogP contribution >= 0.6 is 7.94 Å². The molecule has 18 heteroatoms. The van der Waals surface area contributed by atoms with Crippen LogP contribution in [0.1, 0.15) is 6.42 Å². The molecule has 26 heavy (non-hydrogen) atoms. The van der Waals surface area contributed by atoms with E-state index in [1.165, 1.54) is 0 Å². The Bertz CT molecular complexity index is 445. The molecular weight excluding hydrogens is 441 g/mol. The molecule has 0 fully saturated rings. The molecule has 0 aliphatic rings. The van der Waals surface area contributed by atoms with Gasteiger partial charge in [0, 0.05) is 29.7 Å². The average Bonchev–Trinajstić information content (AvgIpc) is 2.19. The number of rotatable bonds is 8. The second-order valence-corrected chi connectivity index (χ2v) is 5.29. The summed E-state index contributed by atoms with van der Waals surface area (Å²) in [6.45, 7) is 0. The molecule has 0 heterocycles. The fourth-order valence-electron chi connectivity index (χ4n) is 1.52. The molecular formula is C8H5Na6O11P. The van der Waals surface area contributed by atoms with Crippen LogP contribution in [0.3, 0.4) is 0 Å². The molecule has 0 aromatic heterocycles. The van der Waals surface area contributed by atoms with Crippen LogP contribution in [0, 0.1) is 11.8 Å². The van der Waals surface area contributed by atoms with E-state index in [1.807, 2.05) is 0 Å². The van der Waals surface area contributed by atoms with Crippen molar-refractivity contribution in [1.29, 1.82) is 0 Å². The van der Waals surface area contributed by atoms with Gasteiger partial charge in [0.1, 0.15) is 5.66 Å². The maximum absolute atomic E-state index is 10.7. The molecule has 0 rings (SSSR count). The molecule has 0 amide bonds. The van der Waals surface area contributed by atoms with Crippen molar-refractivity contribution in [2.24, 2.45) is 11.8 Å². The molecule has 0 aromatic rings. The molecule has 0 aliphatic carbocycles. The van der Waals surface area contributed by atoms with Crippen LogP contribution in [0.2, 0.25) is 0 Å². The number of carbonyl (C=O) groups is 4. The summed E-state index contributed by atoms with van der Waals surface area (Å²) in [6, 6.07) is 0. The number of carboxylic acids is 4. The van der Waals surface area contributed by atoms with Crippen LogP contribution in [0.25, 0.3) is 0 Å². The van der Waals surface area contributed by atoms with Gasteiger partial charge in [0.05, 0.1) is 5.97 Å². The zero-order chi connectivity index (χ0) is 16.2. The van der Waals surface area contributed by atoms with Gasteiger partial charge in [-0.25, -0.2) is 0 Å². The molecule has 0 saturated carbocycles. The first-order valence-electron chi connectivity index (χ1n) is 4.73. The van der Waals surface area contributed by atoms with E-state index in [0.717, 1.165) is 0 Å². The van der Waals surface area contributed by atoms with Crippen LogP contribution in [0.4, 0.5) is 0 Å². The van der Waals surface area contributed by atoms with Crippen molar-refractivity contribution in [1.82, 2.24) is 0 Å². The Balaban J connectivity index is -0.000000120. The first-order chi connectivity index (χ1) is 8.89. The zero-order valence-corrected chi connectivity index (χ0v) is 28.3. The fraction of sp³-hybridized carbons (Fsp3) is 0.500. The second-order valence-electron chi connectivity index (χ2n) is 3.65. The third-order valence-corrected chi connectivity index (χ3v) is 3.53. The summed E-state index contributed by atoms with van der Waals surface area (Å²) in [5.41, 5.74) is -3.32. The minimum Gasteiger partial charge on any atom is -0.687 e. The van der Waals surface area contributed by atoms with Crippen molar-refractivity contribution >= 4 is 31.8 Å². The molecule has 0 aromatic carbocycles. The van der Waals surface area contributed by atoms with E-state index < -0.39 is 55.7 Å². The predicted molar refractivity (Wildman–Crippen MR) is 42.3 cm³/mol. The van der Waals surface area contributed by atoms with Gasteiger partial charge in [-0.1, -0.05) is 0 Å². The Morgan fingerprint density at radius 1 is 0.654 bits per heavy atom. The molecule has 11 nitrogen and oxygen atoms in total. The first kappa shape index (κ1) is 47.8. The summed E-state index contributed by atoms with van der Waals surface area (Å²) in [4.78, 5) is 74.3. The summed E-state index contributed by atoms with van der Waals surface area (Å²) < 4.78 is 0. The zero-order valence-electron chi connectivity index (χ0n) is 15.4. The van der Waals surface area contributed by atoms with Crippen molar-refractivity contribution in [3.05, 3.63) is 0 Å². The van der Waals surface area contributed by atoms with Gasteiger partial charge in [0.25, 0.3) is 0 Å². The minimum atomic E-state index is -6.17. The first-order valence-corrected chi connectivity index (χ1v) is 6.35. The smallest absolute Gasteiger partial charge is 0.687 e. The Morgan fingerprint density at radius 2 is 1.00 bits per heavy atom. The van der Waals surface area contributed by atoms with Gasteiger partial charge in [0.15, 0.2) is 0 Å². The Morgan fingerprint density at radius 3 is 1.15 bits per heavy atom. The summed E-state index contributed by atoms with van der Waals surface area (Å²) >= 11 is 0. The van der Waals surface area contributed by atoms with Gasteiger partial charge in [-0.15, -0.1) is 0 Å². The molecule has 0 spiro atoms. The average molecular weight is 446 g/mol. The van der Waals surface area contributed by atoms with E-state index in [2.05, 4.69) is 0 Å². The minimum absolute atomic E-state index is 0. The third kappa shape index (κ3) is 17.8. The van der Waals surface area contributed by atoms with Crippen molar-refractivity contribution in [2.45, 2.75) is 12.1 Å². The van der Waals surface area contributed by atoms with E-state index in [4.69, 9.17) is 0 Å². The van der Waals surface area contributed by atoms with Crippen molar-refractivity contribution < 1.29 is 232 Å². The van der Waals surface area contributed by atoms with Crippen LogP contribution in [0.5, 0.6) is 0 Å². The molecule has 0 N–H and O–H groups in total. The van der Waals surface area contributed by atoms with E-state index in [1.54, 1.807) is 0 Å². The molecule has 3 atom stereocenters.